The van der Waals surface area contributed by atoms with Crippen LogP contribution in [-0.2, 0) is 13.1 Å². The molecule has 0 bridgehead atoms. The van der Waals surface area contributed by atoms with Crippen molar-refractivity contribution in [2.45, 2.75) is 26.2 Å². The molecule has 1 aromatic rings. The van der Waals surface area contributed by atoms with E-state index in [9.17, 15) is 13.2 Å². The van der Waals surface area contributed by atoms with E-state index in [0.29, 0.717) is 17.7 Å². The van der Waals surface area contributed by atoms with E-state index in [2.05, 4.69) is 15.3 Å². The van der Waals surface area contributed by atoms with Crippen LogP contribution in [0.1, 0.15) is 11.3 Å². The first kappa shape index (κ1) is 12.9. The first-order valence-corrected chi connectivity index (χ1v) is 6.38. The van der Waals surface area contributed by atoms with Crippen molar-refractivity contribution in [2.75, 3.05) is 26.2 Å². The zero-order valence-corrected chi connectivity index (χ0v) is 10.8. The third kappa shape index (κ3) is 2.49. The fraction of sp³-hybridized carbons (Fsp3) is 0.750. The van der Waals surface area contributed by atoms with Gasteiger partial charge in [0.25, 0.3) is 0 Å². The van der Waals surface area contributed by atoms with Gasteiger partial charge in [0.2, 0.25) is 0 Å². The summed E-state index contributed by atoms with van der Waals surface area (Å²) >= 11 is 0. The van der Waals surface area contributed by atoms with Crippen LogP contribution >= 0.6 is 0 Å². The van der Waals surface area contributed by atoms with Crippen molar-refractivity contribution in [1.82, 2.24) is 20.0 Å². The molecule has 3 rings (SSSR count). The van der Waals surface area contributed by atoms with E-state index in [-0.39, 0.29) is 0 Å². The van der Waals surface area contributed by atoms with E-state index >= 15 is 0 Å². The number of hydrogen-bond donors (Lipinski definition) is 1. The second-order valence-corrected chi connectivity index (χ2v) is 5.78. The van der Waals surface area contributed by atoms with Gasteiger partial charge in [-0.05, 0) is 6.92 Å². The Bertz CT molecular complexity index is 468. The van der Waals surface area contributed by atoms with Crippen molar-refractivity contribution >= 4 is 0 Å². The van der Waals surface area contributed by atoms with Crippen molar-refractivity contribution in [1.29, 1.82) is 0 Å². The summed E-state index contributed by atoms with van der Waals surface area (Å²) in [6.07, 6.45) is -2.66. The van der Waals surface area contributed by atoms with E-state index in [1.54, 1.807) is 13.1 Å². The van der Waals surface area contributed by atoms with Crippen LogP contribution < -0.4 is 5.32 Å². The Hall–Kier alpha value is -1.08. The summed E-state index contributed by atoms with van der Waals surface area (Å²) in [5.41, 5.74) is 1.95. The van der Waals surface area contributed by atoms with Crippen LogP contribution in [0, 0.1) is 12.3 Å². The predicted octanol–water partition coefficient (Wildman–Crippen LogP) is 1.16. The Morgan fingerprint density at radius 2 is 2.05 bits per heavy atom. The van der Waals surface area contributed by atoms with E-state index in [0.717, 1.165) is 36.4 Å². The Balaban J connectivity index is 1.60. The molecule has 0 atom stereocenters. The highest BCUT2D eigenvalue weighted by Crippen LogP contribution is 2.35. The molecule has 2 saturated heterocycles. The Morgan fingerprint density at radius 1 is 1.37 bits per heavy atom. The molecule has 0 amide bonds. The number of nitrogens with zero attached hydrogens (tertiary/aromatic N) is 3. The minimum absolute atomic E-state index is 0.440. The molecule has 1 N–H and O–H groups in total. The minimum Gasteiger partial charge on any atom is -0.315 e. The van der Waals surface area contributed by atoms with Gasteiger partial charge >= 0.3 is 6.18 Å². The van der Waals surface area contributed by atoms with Crippen LogP contribution in [0.5, 0.6) is 0 Å². The van der Waals surface area contributed by atoms with Crippen molar-refractivity contribution < 1.29 is 13.2 Å². The van der Waals surface area contributed by atoms with Gasteiger partial charge in [-0.2, -0.15) is 18.3 Å². The van der Waals surface area contributed by atoms with Crippen LogP contribution in [0.2, 0.25) is 0 Å². The number of hydrogen-bond acceptors (Lipinski definition) is 3. The smallest absolute Gasteiger partial charge is 0.315 e. The highest BCUT2D eigenvalue weighted by atomic mass is 19.4. The molecule has 2 aliphatic heterocycles. The molecule has 2 fully saturated rings. The van der Waals surface area contributed by atoms with Crippen molar-refractivity contribution in [2.24, 2.45) is 5.41 Å². The van der Waals surface area contributed by atoms with Crippen LogP contribution in [0.15, 0.2) is 6.20 Å². The van der Waals surface area contributed by atoms with Crippen molar-refractivity contribution in [3.8, 4) is 0 Å². The van der Waals surface area contributed by atoms with Crippen LogP contribution in [0.25, 0.3) is 0 Å². The zero-order chi connectivity index (χ0) is 13.7. The number of rotatable bonds is 3. The first-order valence-electron chi connectivity index (χ1n) is 6.38. The monoisotopic (exact) mass is 274 g/mol. The second-order valence-electron chi connectivity index (χ2n) is 5.78. The highest BCUT2D eigenvalue weighted by Gasteiger charge is 2.47. The predicted molar refractivity (Wildman–Crippen MR) is 63.6 cm³/mol. The molecular formula is C12H17F3N4. The average molecular weight is 274 g/mol. The number of aromatic nitrogens is 2. The molecular weight excluding hydrogens is 257 g/mol. The van der Waals surface area contributed by atoms with Gasteiger partial charge in [0.05, 0.1) is 6.20 Å². The van der Waals surface area contributed by atoms with Gasteiger partial charge in [0, 0.05) is 49.4 Å². The molecule has 1 spiro atoms. The molecule has 2 aliphatic rings. The first-order chi connectivity index (χ1) is 8.87. The molecule has 0 radical (unpaired) electrons. The summed E-state index contributed by atoms with van der Waals surface area (Å²) in [6.45, 7) is 5.59. The van der Waals surface area contributed by atoms with Gasteiger partial charge in [-0.1, -0.05) is 0 Å². The van der Waals surface area contributed by atoms with Gasteiger partial charge in [-0.3, -0.25) is 9.58 Å². The lowest BCUT2D eigenvalue weighted by molar-refractivity contribution is -0.142. The molecule has 0 unspecified atom stereocenters. The van der Waals surface area contributed by atoms with Crippen LogP contribution in [0.3, 0.4) is 0 Å². The van der Waals surface area contributed by atoms with Gasteiger partial charge in [0.15, 0.2) is 0 Å². The molecule has 4 nitrogen and oxygen atoms in total. The number of alkyl halides is 3. The van der Waals surface area contributed by atoms with Gasteiger partial charge in [-0.15, -0.1) is 0 Å². The molecule has 3 heterocycles. The second kappa shape index (κ2) is 4.21. The van der Waals surface area contributed by atoms with Crippen molar-refractivity contribution in [3.05, 3.63) is 17.5 Å². The standard InChI is InChI=1S/C12H17F3N4/c1-9-10(2-17-19(9)8-12(13,14)15)3-18-6-11(7-18)4-16-5-11/h2,16H,3-8H2,1H3. The summed E-state index contributed by atoms with van der Waals surface area (Å²) in [4.78, 5) is 2.27. The maximum Gasteiger partial charge on any atom is 0.408 e. The maximum atomic E-state index is 12.3. The van der Waals surface area contributed by atoms with Gasteiger partial charge in [0.1, 0.15) is 6.54 Å². The van der Waals surface area contributed by atoms with Gasteiger partial charge in [-0.25, -0.2) is 0 Å². The average Bonchev–Trinajstić information content (AvgIpc) is 2.49. The zero-order valence-electron chi connectivity index (χ0n) is 10.8. The lowest BCUT2D eigenvalue weighted by Crippen LogP contribution is -2.70. The van der Waals surface area contributed by atoms with E-state index in [1.165, 1.54) is 0 Å². The fourth-order valence-corrected chi connectivity index (χ4v) is 2.93. The topological polar surface area (TPSA) is 33.1 Å². The summed E-state index contributed by atoms with van der Waals surface area (Å²) < 4.78 is 38.1. The maximum absolute atomic E-state index is 12.3. The molecule has 19 heavy (non-hydrogen) atoms. The SMILES string of the molecule is Cc1c(CN2CC3(CNC3)C2)cnn1CC(F)(F)F. The quantitative estimate of drug-likeness (QED) is 0.898. The molecule has 7 heteroatoms. The van der Waals surface area contributed by atoms with E-state index in [1.807, 2.05) is 0 Å². The van der Waals surface area contributed by atoms with Gasteiger partial charge < -0.3 is 5.32 Å². The van der Waals surface area contributed by atoms with Crippen molar-refractivity contribution in [3.63, 3.8) is 0 Å². The van der Waals surface area contributed by atoms with E-state index in [4.69, 9.17) is 0 Å². The minimum atomic E-state index is -4.22. The third-order valence-electron chi connectivity index (χ3n) is 4.05. The normalized spacial score (nSPS) is 22.3. The molecule has 106 valence electrons. The lowest BCUT2D eigenvalue weighted by atomic mass is 9.74. The Morgan fingerprint density at radius 3 is 2.58 bits per heavy atom. The highest BCUT2D eigenvalue weighted by molar-refractivity contribution is 5.17. The fourth-order valence-electron chi connectivity index (χ4n) is 2.93. The van der Waals surface area contributed by atoms with Crippen LogP contribution in [0.4, 0.5) is 13.2 Å². The summed E-state index contributed by atoms with van der Waals surface area (Å²) in [6, 6.07) is 0. The molecule has 0 aromatic carbocycles. The summed E-state index contributed by atoms with van der Waals surface area (Å²) in [7, 11) is 0. The molecule has 1 aromatic heterocycles. The summed E-state index contributed by atoms with van der Waals surface area (Å²) in [5, 5.41) is 7.10. The molecule has 0 saturated carbocycles. The number of likely N-dealkylation sites (tertiary alicyclic amines) is 1. The number of halogens is 3. The number of nitrogens with one attached hydrogen (secondary N) is 1. The summed E-state index contributed by atoms with van der Waals surface area (Å²) in [5.74, 6) is 0. The third-order valence-corrected chi connectivity index (χ3v) is 4.05. The Kier molecular flexibility index (Phi) is 2.86. The van der Waals surface area contributed by atoms with Crippen LogP contribution in [-0.4, -0.2) is 47.0 Å². The van der Waals surface area contributed by atoms with E-state index < -0.39 is 12.7 Å². The largest absolute Gasteiger partial charge is 0.408 e. The molecule has 0 aliphatic carbocycles. The lowest BCUT2D eigenvalue weighted by Gasteiger charge is -2.56. The Labute approximate surface area is 109 Å².